The Morgan fingerprint density at radius 3 is 2.37 bits per heavy atom. The summed E-state index contributed by atoms with van der Waals surface area (Å²) in [5, 5.41) is 2.92. The second-order valence-electron chi connectivity index (χ2n) is 7.43. The summed E-state index contributed by atoms with van der Waals surface area (Å²) < 4.78 is 15.6. The van der Waals surface area contributed by atoms with Gasteiger partial charge in [0.1, 0.15) is 11.3 Å². The SMILES string of the molecule is COC(=O)C1CCC(NC(=O)c2c(C)cc(C3CCOCC3)oc2=O)CC1. The van der Waals surface area contributed by atoms with Crippen LogP contribution in [-0.4, -0.2) is 38.2 Å². The van der Waals surface area contributed by atoms with Crippen molar-refractivity contribution in [2.45, 2.75) is 57.4 Å². The highest BCUT2D eigenvalue weighted by molar-refractivity contribution is 5.95. The third-order valence-electron chi connectivity index (χ3n) is 5.62. The third-order valence-corrected chi connectivity index (χ3v) is 5.62. The number of ether oxygens (including phenoxy) is 2. The number of hydrogen-bond donors (Lipinski definition) is 1. The average Bonchev–Trinajstić information content (AvgIpc) is 2.68. The van der Waals surface area contributed by atoms with Crippen molar-refractivity contribution in [2.75, 3.05) is 20.3 Å². The number of nitrogens with one attached hydrogen (secondary N) is 1. The van der Waals surface area contributed by atoms with Crippen molar-refractivity contribution < 1.29 is 23.5 Å². The molecule has 0 radical (unpaired) electrons. The largest absolute Gasteiger partial charge is 0.469 e. The predicted molar refractivity (Wildman–Crippen MR) is 97.7 cm³/mol. The van der Waals surface area contributed by atoms with Crippen LogP contribution in [0, 0.1) is 12.8 Å². The third kappa shape index (κ3) is 4.58. The van der Waals surface area contributed by atoms with Crippen molar-refractivity contribution in [3.05, 3.63) is 33.4 Å². The first-order valence-corrected chi connectivity index (χ1v) is 9.60. The van der Waals surface area contributed by atoms with Crippen molar-refractivity contribution in [2.24, 2.45) is 5.92 Å². The van der Waals surface area contributed by atoms with E-state index in [-0.39, 0.29) is 29.4 Å². The van der Waals surface area contributed by atoms with Crippen molar-refractivity contribution in [3.8, 4) is 0 Å². The molecular formula is C20H27NO6. The summed E-state index contributed by atoms with van der Waals surface area (Å²) >= 11 is 0. The lowest BCUT2D eigenvalue weighted by Crippen LogP contribution is -2.40. The normalized spacial score (nSPS) is 23.6. The van der Waals surface area contributed by atoms with E-state index in [4.69, 9.17) is 13.9 Å². The van der Waals surface area contributed by atoms with Gasteiger partial charge in [0, 0.05) is 25.2 Å². The summed E-state index contributed by atoms with van der Waals surface area (Å²) in [5.41, 5.74) is 0.117. The van der Waals surface area contributed by atoms with E-state index in [0.717, 1.165) is 12.8 Å². The first-order valence-electron chi connectivity index (χ1n) is 9.60. The second-order valence-corrected chi connectivity index (χ2v) is 7.43. The van der Waals surface area contributed by atoms with Gasteiger partial charge in [0.15, 0.2) is 0 Å². The standard InChI is InChI=1S/C20H27NO6/c1-12-11-16(13-7-9-26-10-8-13)27-20(24)17(12)18(22)21-15-5-3-14(4-6-15)19(23)25-2/h11,13-15H,3-10H2,1-2H3,(H,21,22). The monoisotopic (exact) mass is 377 g/mol. The molecule has 0 unspecified atom stereocenters. The van der Waals surface area contributed by atoms with E-state index < -0.39 is 11.5 Å². The van der Waals surface area contributed by atoms with Gasteiger partial charge in [0.25, 0.3) is 5.91 Å². The molecule has 2 heterocycles. The van der Waals surface area contributed by atoms with Crippen LogP contribution < -0.4 is 10.9 Å². The first-order chi connectivity index (χ1) is 13.0. The summed E-state index contributed by atoms with van der Waals surface area (Å²) in [6.45, 7) is 3.08. The van der Waals surface area contributed by atoms with Gasteiger partial charge in [0.05, 0.1) is 13.0 Å². The summed E-state index contributed by atoms with van der Waals surface area (Å²) in [4.78, 5) is 36.7. The van der Waals surface area contributed by atoms with Gasteiger partial charge < -0.3 is 19.2 Å². The Bertz CT molecular complexity index is 741. The smallest absolute Gasteiger partial charge is 0.349 e. The Morgan fingerprint density at radius 1 is 1.11 bits per heavy atom. The minimum Gasteiger partial charge on any atom is -0.469 e. The molecule has 148 valence electrons. The van der Waals surface area contributed by atoms with Crippen LogP contribution in [0.25, 0.3) is 0 Å². The lowest BCUT2D eigenvalue weighted by molar-refractivity contribution is -0.146. The fourth-order valence-corrected chi connectivity index (χ4v) is 3.99. The minimum atomic E-state index is -0.586. The molecule has 7 heteroatoms. The maximum atomic E-state index is 12.6. The van der Waals surface area contributed by atoms with E-state index in [0.29, 0.717) is 50.2 Å². The van der Waals surface area contributed by atoms with E-state index in [2.05, 4.69) is 5.32 Å². The number of hydrogen-bond acceptors (Lipinski definition) is 6. The van der Waals surface area contributed by atoms with Gasteiger partial charge in [-0.3, -0.25) is 9.59 Å². The van der Waals surface area contributed by atoms with Crippen molar-refractivity contribution in [1.82, 2.24) is 5.32 Å². The molecule has 1 aliphatic carbocycles. The Labute approximate surface area is 158 Å². The van der Waals surface area contributed by atoms with Gasteiger partial charge >= 0.3 is 11.6 Å². The summed E-state index contributed by atoms with van der Waals surface area (Å²) in [7, 11) is 1.39. The van der Waals surface area contributed by atoms with Crippen LogP contribution in [0.15, 0.2) is 15.3 Å². The summed E-state index contributed by atoms with van der Waals surface area (Å²) in [5.74, 6) is 0.0989. The van der Waals surface area contributed by atoms with Gasteiger partial charge in [-0.15, -0.1) is 0 Å². The zero-order chi connectivity index (χ0) is 19.4. The lowest BCUT2D eigenvalue weighted by Gasteiger charge is -2.27. The Hall–Kier alpha value is -2.15. The van der Waals surface area contributed by atoms with E-state index in [1.807, 2.05) is 0 Å². The van der Waals surface area contributed by atoms with Crippen LogP contribution in [0.4, 0.5) is 0 Å². The fourth-order valence-electron chi connectivity index (χ4n) is 3.99. The summed E-state index contributed by atoms with van der Waals surface area (Å²) in [6, 6.07) is 1.76. The van der Waals surface area contributed by atoms with E-state index in [1.165, 1.54) is 7.11 Å². The van der Waals surface area contributed by atoms with Crippen LogP contribution in [0.5, 0.6) is 0 Å². The average molecular weight is 377 g/mol. The van der Waals surface area contributed by atoms with Gasteiger partial charge in [-0.2, -0.15) is 0 Å². The minimum absolute atomic E-state index is 0.0487. The van der Waals surface area contributed by atoms with Gasteiger partial charge in [-0.25, -0.2) is 4.79 Å². The molecule has 1 saturated carbocycles. The molecular weight excluding hydrogens is 350 g/mol. The number of amides is 1. The van der Waals surface area contributed by atoms with E-state index in [1.54, 1.807) is 13.0 Å². The molecule has 0 atom stereocenters. The van der Waals surface area contributed by atoms with Crippen molar-refractivity contribution in [3.63, 3.8) is 0 Å². The number of carbonyl (C=O) groups is 2. The van der Waals surface area contributed by atoms with Crippen molar-refractivity contribution in [1.29, 1.82) is 0 Å². The molecule has 1 aliphatic heterocycles. The highest BCUT2D eigenvalue weighted by atomic mass is 16.5. The van der Waals surface area contributed by atoms with Gasteiger partial charge in [-0.1, -0.05) is 0 Å². The Balaban J connectivity index is 1.65. The molecule has 1 amide bonds. The molecule has 0 spiro atoms. The number of methoxy groups -OCH3 is 1. The maximum absolute atomic E-state index is 12.6. The molecule has 7 nitrogen and oxygen atoms in total. The maximum Gasteiger partial charge on any atom is 0.349 e. The van der Waals surface area contributed by atoms with Crippen LogP contribution >= 0.6 is 0 Å². The summed E-state index contributed by atoms with van der Waals surface area (Å²) in [6.07, 6.45) is 4.36. The second kappa shape index (κ2) is 8.69. The van der Waals surface area contributed by atoms with Crippen LogP contribution in [0.1, 0.15) is 66.1 Å². The molecule has 0 bridgehead atoms. The lowest BCUT2D eigenvalue weighted by atomic mass is 9.86. The van der Waals surface area contributed by atoms with E-state index >= 15 is 0 Å². The van der Waals surface area contributed by atoms with Crippen molar-refractivity contribution >= 4 is 11.9 Å². The van der Waals surface area contributed by atoms with Crippen LogP contribution in [-0.2, 0) is 14.3 Å². The predicted octanol–water partition coefficient (Wildman–Crippen LogP) is 2.30. The Kier molecular flexibility index (Phi) is 6.31. The molecule has 2 fully saturated rings. The Morgan fingerprint density at radius 2 is 1.78 bits per heavy atom. The molecule has 2 aliphatic rings. The topological polar surface area (TPSA) is 94.8 Å². The molecule has 27 heavy (non-hydrogen) atoms. The molecule has 0 aromatic carbocycles. The van der Waals surface area contributed by atoms with Gasteiger partial charge in [0.2, 0.25) is 0 Å². The van der Waals surface area contributed by atoms with Gasteiger partial charge in [-0.05, 0) is 57.1 Å². The van der Waals surface area contributed by atoms with E-state index in [9.17, 15) is 14.4 Å². The zero-order valence-corrected chi connectivity index (χ0v) is 15.9. The fraction of sp³-hybridized carbons (Fsp3) is 0.650. The molecule has 3 rings (SSSR count). The quantitative estimate of drug-likeness (QED) is 0.809. The number of aryl methyl sites for hydroxylation is 1. The number of carbonyl (C=O) groups excluding carboxylic acids is 2. The highest BCUT2D eigenvalue weighted by Gasteiger charge is 2.29. The highest BCUT2D eigenvalue weighted by Crippen LogP contribution is 2.28. The van der Waals surface area contributed by atoms with Crippen LogP contribution in [0.2, 0.25) is 0 Å². The first kappa shape index (κ1) is 19.6. The molecule has 1 saturated heterocycles. The molecule has 1 aromatic heterocycles. The number of esters is 1. The molecule has 1 aromatic rings. The number of rotatable bonds is 4. The zero-order valence-electron chi connectivity index (χ0n) is 15.9. The van der Waals surface area contributed by atoms with Crippen LogP contribution in [0.3, 0.4) is 0 Å². The molecule has 1 N–H and O–H groups in total.